The third-order valence-corrected chi connectivity index (χ3v) is 3.24. The molecule has 0 aromatic heterocycles. The number of nitrogens with one attached hydrogen (secondary N) is 2. The first kappa shape index (κ1) is 15.2. The normalized spacial score (nSPS) is 25.6. The molecule has 1 aliphatic heterocycles. The van der Waals surface area contributed by atoms with Crippen LogP contribution in [0.5, 0.6) is 0 Å². The van der Waals surface area contributed by atoms with Crippen molar-refractivity contribution in [3.05, 3.63) is 0 Å². The van der Waals surface area contributed by atoms with E-state index in [1.807, 2.05) is 13.8 Å². The number of aliphatic hydroxyl groups excluding tert-OH is 1. The van der Waals surface area contributed by atoms with Gasteiger partial charge in [-0.2, -0.15) is 13.2 Å². The molecular formula is C11H19F3N2O2. The van der Waals surface area contributed by atoms with Gasteiger partial charge >= 0.3 is 6.18 Å². The molecule has 0 saturated carbocycles. The van der Waals surface area contributed by atoms with Gasteiger partial charge in [0.05, 0.1) is 12.6 Å². The van der Waals surface area contributed by atoms with Gasteiger partial charge in [0.1, 0.15) is 0 Å². The van der Waals surface area contributed by atoms with Crippen LogP contribution in [0.3, 0.4) is 0 Å². The van der Waals surface area contributed by atoms with Crippen LogP contribution in [0.1, 0.15) is 26.7 Å². The van der Waals surface area contributed by atoms with E-state index in [4.69, 9.17) is 5.11 Å². The number of rotatable bonds is 3. The van der Waals surface area contributed by atoms with Gasteiger partial charge in [-0.3, -0.25) is 4.79 Å². The number of aliphatic hydroxyl groups is 1. The highest BCUT2D eigenvalue weighted by Crippen LogP contribution is 2.30. The Morgan fingerprint density at radius 3 is 2.67 bits per heavy atom. The number of halogens is 3. The predicted octanol–water partition coefficient (Wildman–Crippen LogP) is 0.804. The molecule has 0 aromatic carbocycles. The highest BCUT2D eigenvalue weighted by Gasteiger charge is 2.40. The van der Waals surface area contributed by atoms with Gasteiger partial charge in [-0.15, -0.1) is 0 Å². The largest absolute Gasteiger partial charge is 0.416 e. The van der Waals surface area contributed by atoms with Crippen LogP contribution >= 0.6 is 0 Å². The fraction of sp³-hybridized carbons (Fsp3) is 0.909. The molecule has 0 radical (unpaired) electrons. The van der Waals surface area contributed by atoms with Gasteiger partial charge in [-0.05, 0) is 24.8 Å². The summed E-state index contributed by atoms with van der Waals surface area (Å²) < 4.78 is 36.2. The van der Waals surface area contributed by atoms with Crippen molar-refractivity contribution < 1.29 is 23.1 Å². The fourth-order valence-electron chi connectivity index (χ4n) is 2.07. The summed E-state index contributed by atoms with van der Waals surface area (Å²) in [4.78, 5) is 11.8. The Hall–Kier alpha value is -0.820. The van der Waals surface area contributed by atoms with E-state index in [0.29, 0.717) is 6.54 Å². The molecule has 4 nitrogen and oxygen atoms in total. The van der Waals surface area contributed by atoms with Gasteiger partial charge in [0.15, 0.2) is 6.10 Å². The summed E-state index contributed by atoms with van der Waals surface area (Å²) in [6.45, 7) is 3.65. The molecule has 1 heterocycles. The van der Waals surface area contributed by atoms with Crippen LogP contribution in [0.15, 0.2) is 0 Å². The van der Waals surface area contributed by atoms with Crippen molar-refractivity contribution in [1.82, 2.24) is 10.6 Å². The molecule has 1 amide bonds. The number of hydrogen-bond acceptors (Lipinski definition) is 3. The first-order valence-corrected chi connectivity index (χ1v) is 5.90. The molecule has 0 aromatic rings. The maximum atomic E-state index is 12.1. The lowest BCUT2D eigenvalue weighted by atomic mass is 9.77. The lowest BCUT2D eigenvalue weighted by Crippen LogP contribution is -2.57. The van der Waals surface area contributed by atoms with Gasteiger partial charge in [-0.25, -0.2) is 0 Å². The number of hydrogen-bond donors (Lipinski definition) is 3. The summed E-state index contributed by atoms with van der Waals surface area (Å²) >= 11 is 0. The van der Waals surface area contributed by atoms with Crippen LogP contribution in [0.4, 0.5) is 13.2 Å². The molecular weight excluding hydrogens is 249 g/mol. The lowest BCUT2D eigenvalue weighted by molar-refractivity contribution is -0.202. The van der Waals surface area contributed by atoms with E-state index in [-0.39, 0.29) is 5.41 Å². The van der Waals surface area contributed by atoms with Crippen molar-refractivity contribution in [1.29, 1.82) is 0 Å². The molecule has 3 N–H and O–H groups in total. The zero-order valence-corrected chi connectivity index (χ0v) is 10.5. The molecule has 18 heavy (non-hydrogen) atoms. The smallest absolute Gasteiger partial charge is 0.382 e. The first-order chi connectivity index (χ1) is 8.14. The molecule has 1 saturated heterocycles. The number of carbonyl (C=O) groups is 1. The van der Waals surface area contributed by atoms with Crippen molar-refractivity contribution >= 4 is 5.91 Å². The molecule has 1 fully saturated rings. The minimum atomic E-state index is -4.71. The third kappa shape index (κ3) is 3.84. The Labute approximate surface area is 104 Å². The van der Waals surface area contributed by atoms with Crippen LogP contribution in [-0.4, -0.2) is 42.4 Å². The van der Waals surface area contributed by atoms with E-state index in [2.05, 4.69) is 10.6 Å². The van der Waals surface area contributed by atoms with E-state index in [1.165, 1.54) is 0 Å². The van der Waals surface area contributed by atoms with E-state index in [9.17, 15) is 18.0 Å². The SMILES string of the molecule is CC1(C)CCCNC1C(=O)NCC(O)C(F)(F)F. The highest BCUT2D eigenvalue weighted by atomic mass is 19.4. The zero-order chi connectivity index (χ0) is 14.0. The Bertz CT molecular complexity index is 305. The van der Waals surface area contributed by atoms with Crippen molar-refractivity contribution in [3.63, 3.8) is 0 Å². The summed E-state index contributed by atoms with van der Waals surface area (Å²) in [5.74, 6) is -0.497. The number of amides is 1. The summed E-state index contributed by atoms with van der Waals surface area (Å²) in [5.41, 5.74) is -0.300. The Kier molecular flexibility index (Phi) is 4.61. The second-order valence-electron chi connectivity index (χ2n) is 5.28. The second kappa shape index (κ2) is 5.44. The molecule has 0 spiro atoms. The molecule has 0 aliphatic carbocycles. The van der Waals surface area contributed by atoms with Crippen molar-refractivity contribution in [2.24, 2.45) is 5.41 Å². The maximum absolute atomic E-state index is 12.1. The molecule has 2 atom stereocenters. The third-order valence-electron chi connectivity index (χ3n) is 3.24. The second-order valence-corrected chi connectivity index (χ2v) is 5.28. The maximum Gasteiger partial charge on any atom is 0.416 e. The van der Waals surface area contributed by atoms with Gasteiger partial charge < -0.3 is 15.7 Å². The minimum absolute atomic E-state index is 0.300. The lowest BCUT2D eigenvalue weighted by Gasteiger charge is -2.38. The van der Waals surface area contributed by atoms with E-state index in [1.54, 1.807) is 0 Å². The van der Waals surface area contributed by atoms with Gasteiger partial charge in [0.2, 0.25) is 5.91 Å². The molecule has 0 bridgehead atoms. The summed E-state index contributed by atoms with van der Waals surface area (Å²) in [6.07, 6.45) is -5.46. The first-order valence-electron chi connectivity index (χ1n) is 5.90. The zero-order valence-electron chi connectivity index (χ0n) is 10.5. The van der Waals surface area contributed by atoms with Gasteiger partial charge in [0, 0.05) is 0 Å². The number of alkyl halides is 3. The molecule has 106 valence electrons. The number of carbonyl (C=O) groups excluding carboxylic acids is 1. The van der Waals surface area contributed by atoms with Crippen molar-refractivity contribution in [2.75, 3.05) is 13.1 Å². The average Bonchev–Trinajstić information content (AvgIpc) is 2.23. The Balaban J connectivity index is 2.50. The van der Waals surface area contributed by atoms with Crippen LogP contribution in [0.2, 0.25) is 0 Å². The fourth-order valence-corrected chi connectivity index (χ4v) is 2.07. The van der Waals surface area contributed by atoms with Crippen LogP contribution in [-0.2, 0) is 4.79 Å². The summed E-state index contributed by atoms with van der Waals surface area (Å²) in [5, 5.41) is 13.9. The highest BCUT2D eigenvalue weighted by molar-refractivity contribution is 5.82. The van der Waals surface area contributed by atoms with E-state index in [0.717, 1.165) is 12.8 Å². The Morgan fingerprint density at radius 2 is 2.17 bits per heavy atom. The quantitative estimate of drug-likeness (QED) is 0.709. The van der Waals surface area contributed by atoms with Crippen molar-refractivity contribution in [2.45, 2.75) is 45.0 Å². The molecule has 2 unspecified atom stereocenters. The molecule has 1 aliphatic rings. The van der Waals surface area contributed by atoms with Gasteiger partial charge in [0.25, 0.3) is 0 Å². The van der Waals surface area contributed by atoms with Crippen LogP contribution in [0, 0.1) is 5.41 Å². The topological polar surface area (TPSA) is 61.4 Å². The van der Waals surface area contributed by atoms with E-state index >= 15 is 0 Å². The Morgan fingerprint density at radius 1 is 1.56 bits per heavy atom. The monoisotopic (exact) mass is 268 g/mol. The summed E-state index contributed by atoms with van der Waals surface area (Å²) in [7, 11) is 0. The standard InChI is InChI=1S/C11H19F3N2O2/c1-10(2)4-3-5-15-8(10)9(18)16-6-7(17)11(12,13)14/h7-8,15,17H,3-6H2,1-2H3,(H,16,18). The molecule has 1 rings (SSSR count). The molecule has 7 heteroatoms. The average molecular weight is 268 g/mol. The number of piperidine rings is 1. The minimum Gasteiger partial charge on any atom is -0.382 e. The predicted molar refractivity (Wildman–Crippen MR) is 59.9 cm³/mol. The summed E-state index contributed by atoms with van der Waals surface area (Å²) in [6, 6.07) is -0.522. The van der Waals surface area contributed by atoms with E-state index < -0.39 is 30.8 Å². The van der Waals surface area contributed by atoms with Crippen LogP contribution < -0.4 is 10.6 Å². The van der Waals surface area contributed by atoms with Gasteiger partial charge in [-0.1, -0.05) is 13.8 Å². The van der Waals surface area contributed by atoms with Crippen LogP contribution in [0.25, 0.3) is 0 Å². The van der Waals surface area contributed by atoms with Crippen molar-refractivity contribution in [3.8, 4) is 0 Å².